The van der Waals surface area contributed by atoms with Crippen LogP contribution >= 0.6 is 0 Å². The van der Waals surface area contributed by atoms with Crippen LogP contribution in [-0.2, 0) is 0 Å². The van der Waals surface area contributed by atoms with Gasteiger partial charge in [0.15, 0.2) is 11.4 Å². The van der Waals surface area contributed by atoms with Gasteiger partial charge < -0.3 is 14.6 Å². The van der Waals surface area contributed by atoms with E-state index in [1.807, 2.05) is 0 Å². The Hall–Kier alpha value is -2.50. The third kappa shape index (κ3) is 2.77. The van der Waals surface area contributed by atoms with Crippen molar-refractivity contribution in [3.63, 3.8) is 0 Å². The summed E-state index contributed by atoms with van der Waals surface area (Å²) in [7, 11) is 1.56. The van der Waals surface area contributed by atoms with E-state index in [2.05, 4.69) is 5.10 Å². The van der Waals surface area contributed by atoms with E-state index >= 15 is 0 Å². The highest BCUT2D eigenvalue weighted by atomic mass is 16.5. The van der Waals surface area contributed by atoms with E-state index in [0.29, 0.717) is 17.2 Å². The molecule has 1 aliphatic rings. The molecule has 0 unspecified atom stereocenters. The number of rotatable bonds is 5. The number of aromatic carboxylic acids is 1. The topological polar surface area (TPSA) is 73.6 Å². The number of ether oxygens (including phenoxy) is 2. The molecule has 2 aromatic rings. The van der Waals surface area contributed by atoms with Crippen molar-refractivity contribution >= 4 is 5.97 Å². The highest BCUT2D eigenvalue weighted by Gasteiger charge is 2.24. The van der Waals surface area contributed by atoms with E-state index in [1.165, 1.54) is 10.9 Å². The zero-order chi connectivity index (χ0) is 15.5. The first kappa shape index (κ1) is 14.4. The predicted molar refractivity (Wildman–Crippen MR) is 80.0 cm³/mol. The lowest BCUT2D eigenvalue weighted by atomic mass is 10.3. The van der Waals surface area contributed by atoms with Crippen molar-refractivity contribution in [2.45, 2.75) is 31.8 Å². The van der Waals surface area contributed by atoms with Crippen LogP contribution in [0.2, 0.25) is 0 Å². The number of nitrogens with zero attached hydrogens (tertiary/aromatic N) is 2. The summed E-state index contributed by atoms with van der Waals surface area (Å²) in [4.78, 5) is 11.6. The summed E-state index contributed by atoms with van der Waals surface area (Å²) in [5.74, 6) is -0.0989. The Morgan fingerprint density at radius 3 is 2.82 bits per heavy atom. The summed E-state index contributed by atoms with van der Waals surface area (Å²) in [6, 6.07) is 7.10. The van der Waals surface area contributed by atoms with Gasteiger partial charge in [-0.3, -0.25) is 0 Å². The lowest BCUT2D eigenvalue weighted by Crippen LogP contribution is -2.15. The number of carbonyl (C=O) groups is 1. The molecule has 6 nitrogen and oxygen atoms in total. The minimum atomic E-state index is -1.06. The van der Waals surface area contributed by atoms with Crippen LogP contribution in [0.1, 0.15) is 36.2 Å². The first-order chi connectivity index (χ1) is 10.7. The van der Waals surface area contributed by atoms with E-state index in [0.717, 1.165) is 25.7 Å². The molecule has 116 valence electrons. The first-order valence-corrected chi connectivity index (χ1v) is 7.31. The van der Waals surface area contributed by atoms with Crippen LogP contribution in [0.15, 0.2) is 30.5 Å². The molecule has 0 saturated heterocycles. The molecule has 0 bridgehead atoms. The maximum absolute atomic E-state index is 11.6. The lowest BCUT2D eigenvalue weighted by Gasteiger charge is -2.12. The van der Waals surface area contributed by atoms with E-state index in [9.17, 15) is 9.90 Å². The third-order valence-electron chi connectivity index (χ3n) is 3.83. The number of aromatic nitrogens is 2. The van der Waals surface area contributed by atoms with Crippen molar-refractivity contribution in [2.24, 2.45) is 0 Å². The minimum absolute atomic E-state index is 0.0418. The van der Waals surface area contributed by atoms with E-state index in [-0.39, 0.29) is 11.8 Å². The highest BCUT2D eigenvalue weighted by molar-refractivity contribution is 5.89. The first-order valence-electron chi connectivity index (χ1n) is 7.31. The molecule has 0 aliphatic heterocycles. The molecule has 3 rings (SSSR count). The van der Waals surface area contributed by atoms with Crippen LogP contribution in [0, 0.1) is 0 Å². The molecule has 1 fully saturated rings. The predicted octanol–water partition coefficient (Wildman–Crippen LogP) is 2.90. The number of hydrogen-bond acceptors (Lipinski definition) is 4. The third-order valence-corrected chi connectivity index (χ3v) is 3.83. The van der Waals surface area contributed by atoms with Gasteiger partial charge in [0.25, 0.3) is 0 Å². The summed E-state index contributed by atoms with van der Waals surface area (Å²) in [6.45, 7) is 0. The zero-order valence-corrected chi connectivity index (χ0v) is 12.4. The Kier molecular flexibility index (Phi) is 4.00. The van der Waals surface area contributed by atoms with Gasteiger partial charge in [0.1, 0.15) is 5.75 Å². The fourth-order valence-electron chi connectivity index (χ4n) is 2.74. The SMILES string of the molecule is COc1cccc(-n2ncc(OC3CCCC3)c2C(=O)O)c1. The van der Waals surface area contributed by atoms with Gasteiger partial charge in [-0.05, 0) is 37.8 Å². The van der Waals surface area contributed by atoms with Crippen molar-refractivity contribution in [1.29, 1.82) is 0 Å². The van der Waals surface area contributed by atoms with Gasteiger partial charge in [0, 0.05) is 6.07 Å². The minimum Gasteiger partial charge on any atom is -0.497 e. The van der Waals surface area contributed by atoms with Crippen LogP contribution < -0.4 is 9.47 Å². The summed E-state index contributed by atoms with van der Waals surface area (Å²) in [5, 5.41) is 13.7. The summed E-state index contributed by atoms with van der Waals surface area (Å²) < 4.78 is 12.4. The molecular formula is C16H18N2O4. The molecule has 1 heterocycles. The van der Waals surface area contributed by atoms with Crippen LogP contribution in [0.25, 0.3) is 5.69 Å². The van der Waals surface area contributed by atoms with Crippen LogP contribution in [0.4, 0.5) is 0 Å². The van der Waals surface area contributed by atoms with E-state index in [1.54, 1.807) is 31.4 Å². The lowest BCUT2D eigenvalue weighted by molar-refractivity contribution is 0.0679. The van der Waals surface area contributed by atoms with E-state index < -0.39 is 5.97 Å². The van der Waals surface area contributed by atoms with Gasteiger partial charge in [0.05, 0.1) is 25.1 Å². The quantitative estimate of drug-likeness (QED) is 0.919. The van der Waals surface area contributed by atoms with Crippen LogP contribution in [0.5, 0.6) is 11.5 Å². The van der Waals surface area contributed by atoms with Crippen LogP contribution in [0.3, 0.4) is 0 Å². The molecule has 0 radical (unpaired) electrons. The van der Waals surface area contributed by atoms with Crippen LogP contribution in [-0.4, -0.2) is 34.1 Å². The van der Waals surface area contributed by atoms with Gasteiger partial charge in [-0.2, -0.15) is 5.10 Å². The Balaban J connectivity index is 1.96. The fourth-order valence-corrected chi connectivity index (χ4v) is 2.74. The van der Waals surface area contributed by atoms with Gasteiger partial charge in [-0.25, -0.2) is 9.48 Å². The van der Waals surface area contributed by atoms with Crippen molar-refractivity contribution in [1.82, 2.24) is 9.78 Å². The van der Waals surface area contributed by atoms with Gasteiger partial charge in [-0.1, -0.05) is 6.07 Å². The molecule has 1 saturated carbocycles. The molecular weight excluding hydrogens is 284 g/mol. The second-order valence-corrected chi connectivity index (χ2v) is 5.30. The summed E-state index contributed by atoms with van der Waals surface area (Å²) in [5.41, 5.74) is 0.665. The zero-order valence-electron chi connectivity index (χ0n) is 12.4. The molecule has 0 atom stereocenters. The maximum atomic E-state index is 11.6. The monoisotopic (exact) mass is 302 g/mol. The Morgan fingerprint density at radius 2 is 2.14 bits per heavy atom. The Bertz CT molecular complexity index is 675. The van der Waals surface area contributed by atoms with Crippen molar-refractivity contribution in [2.75, 3.05) is 7.11 Å². The van der Waals surface area contributed by atoms with Gasteiger partial charge in [-0.15, -0.1) is 0 Å². The molecule has 1 N–H and O–H groups in total. The molecule has 1 aromatic carbocycles. The molecule has 0 spiro atoms. The number of hydrogen-bond donors (Lipinski definition) is 1. The number of carboxylic acids is 1. The van der Waals surface area contributed by atoms with Gasteiger partial charge in [0.2, 0.25) is 0 Å². The highest BCUT2D eigenvalue weighted by Crippen LogP contribution is 2.28. The summed E-state index contributed by atoms with van der Waals surface area (Å²) in [6.07, 6.45) is 5.73. The van der Waals surface area contributed by atoms with Crippen molar-refractivity contribution < 1.29 is 19.4 Å². The Labute approximate surface area is 128 Å². The average Bonchev–Trinajstić information content (AvgIpc) is 3.17. The number of carboxylic acid groups (broad SMARTS) is 1. The number of benzene rings is 1. The molecule has 22 heavy (non-hydrogen) atoms. The van der Waals surface area contributed by atoms with Crippen molar-refractivity contribution in [3.05, 3.63) is 36.2 Å². The smallest absolute Gasteiger partial charge is 0.358 e. The second-order valence-electron chi connectivity index (χ2n) is 5.30. The number of methoxy groups -OCH3 is 1. The normalized spacial score (nSPS) is 15.0. The van der Waals surface area contributed by atoms with Crippen molar-refractivity contribution in [3.8, 4) is 17.2 Å². The Morgan fingerprint density at radius 1 is 1.36 bits per heavy atom. The largest absolute Gasteiger partial charge is 0.497 e. The summed E-state index contributed by atoms with van der Waals surface area (Å²) >= 11 is 0. The van der Waals surface area contributed by atoms with E-state index in [4.69, 9.17) is 9.47 Å². The second kappa shape index (κ2) is 6.09. The van der Waals surface area contributed by atoms with Gasteiger partial charge >= 0.3 is 5.97 Å². The maximum Gasteiger partial charge on any atom is 0.358 e. The molecule has 0 amide bonds. The fraction of sp³-hybridized carbons (Fsp3) is 0.375. The molecule has 6 heteroatoms. The average molecular weight is 302 g/mol. The standard InChI is InChI=1S/C16H18N2O4/c1-21-13-8-4-5-11(9-13)18-15(16(19)20)14(10-17-18)22-12-6-2-3-7-12/h4-5,8-10,12H,2-3,6-7H2,1H3,(H,19,20). The molecule has 1 aromatic heterocycles. The molecule has 1 aliphatic carbocycles.